The molecule has 3 rings (SSSR count). The Morgan fingerprint density at radius 2 is 0.962 bits per heavy atom. The van der Waals surface area contributed by atoms with Crippen molar-refractivity contribution in [2.24, 2.45) is 5.10 Å². The minimum absolute atomic E-state index is 0.541. The Morgan fingerprint density at radius 3 is 1.38 bits per heavy atom. The van der Waals surface area contributed by atoms with Crippen LogP contribution in [0.4, 0.5) is 33.3 Å². The van der Waals surface area contributed by atoms with Crippen LogP contribution in [0.15, 0.2) is 65.8 Å². The summed E-state index contributed by atoms with van der Waals surface area (Å²) in [6.45, 7) is 0. The Balaban J connectivity index is 2.09. The molecule has 0 N–H and O–H groups in total. The van der Waals surface area contributed by atoms with Gasteiger partial charge in [0.1, 0.15) is 0 Å². The van der Waals surface area contributed by atoms with Crippen LogP contribution in [-0.2, 0) is 0 Å². The van der Waals surface area contributed by atoms with Gasteiger partial charge in [-0.05, 0) is 24.3 Å². The Labute approximate surface area is 145 Å². The van der Waals surface area contributed by atoms with Crippen molar-refractivity contribution in [3.05, 3.63) is 95.3 Å². The van der Waals surface area contributed by atoms with Crippen molar-refractivity contribution < 1.29 is 22.0 Å². The van der Waals surface area contributed by atoms with E-state index in [-0.39, 0.29) is 0 Å². The molecule has 3 aromatic carbocycles. The van der Waals surface area contributed by atoms with Crippen LogP contribution in [0.1, 0.15) is 5.56 Å². The van der Waals surface area contributed by atoms with Crippen LogP contribution >= 0.6 is 0 Å². The highest BCUT2D eigenvalue weighted by Gasteiger charge is 2.25. The van der Waals surface area contributed by atoms with E-state index in [1.54, 1.807) is 60.7 Å². The molecule has 0 fully saturated rings. The minimum atomic E-state index is -2.21. The quantitative estimate of drug-likeness (QED) is 0.195. The number of hydrazone groups is 1. The number of rotatable bonds is 4. The maximum absolute atomic E-state index is 13.8. The van der Waals surface area contributed by atoms with E-state index in [2.05, 4.69) is 5.10 Å². The molecule has 0 saturated heterocycles. The Kier molecular flexibility index (Phi) is 4.97. The van der Waals surface area contributed by atoms with E-state index in [1.165, 1.54) is 5.01 Å². The highest BCUT2D eigenvalue weighted by atomic mass is 19.2. The summed E-state index contributed by atoms with van der Waals surface area (Å²) in [4.78, 5) is 0. The average molecular weight is 362 g/mol. The third kappa shape index (κ3) is 3.28. The molecule has 0 amide bonds. The predicted octanol–water partition coefficient (Wildman–Crippen LogP) is 5.55. The first-order valence-electron chi connectivity index (χ1n) is 7.46. The van der Waals surface area contributed by atoms with E-state index in [9.17, 15) is 22.0 Å². The zero-order valence-corrected chi connectivity index (χ0v) is 13.1. The van der Waals surface area contributed by atoms with Crippen LogP contribution in [0, 0.1) is 29.1 Å². The number of anilines is 2. The number of benzene rings is 3. The number of nitrogens with zero attached hydrogens (tertiary/aromatic N) is 2. The molecular weight excluding hydrogens is 351 g/mol. The molecular formula is C19H11F5N2. The van der Waals surface area contributed by atoms with Crippen LogP contribution in [0.3, 0.4) is 0 Å². The summed E-state index contributed by atoms with van der Waals surface area (Å²) < 4.78 is 67.5. The lowest BCUT2D eigenvalue weighted by Gasteiger charge is -2.19. The molecule has 0 unspecified atom stereocenters. The summed E-state index contributed by atoms with van der Waals surface area (Å²) in [5.41, 5.74) is -0.0316. The largest absolute Gasteiger partial charge is 0.234 e. The molecule has 0 saturated carbocycles. The molecule has 0 aliphatic rings. The fourth-order valence-corrected chi connectivity index (χ4v) is 2.27. The summed E-state index contributed by atoms with van der Waals surface area (Å²) >= 11 is 0. The molecule has 2 nitrogen and oxygen atoms in total. The lowest BCUT2D eigenvalue weighted by molar-refractivity contribution is 0.377. The smallest absolute Gasteiger partial charge is 0.200 e. The van der Waals surface area contributed by atoms with Crippen LogP contribution in [0.5, 0.6) is 0 Å². The van der Waals surface area contributed by atoms with Gasteiger partial charge in [-0.3, -0.25) is 0 Å². The lowest BCUT2D eigenvalue weighted by atomic mass is 10.2. The molecule has 0 radical (unpaired) electrons. The second-order valence-electron chi connectivity index (χ2n) is 5.21. The Bertz CT molecular complexity index is 875. The zero-order valence-electron chi connectivity index (χ0n) is 13.1. The third-order valence-electron chi connectivity index (χ3n) is 3.55. The van der Waals surface area contributed by atoms with Crippen molar-refractivity contribution in [1.29, 1.82) is 0 Å². The van der Waals surface area contributed by atoms with E-state index in [0.717, 1.165) is 0 Å². The third-order valence-corrected chi connectivity index (χ3v) is 3.55. The zero-order chi connectivity index (χ0) is 18.7. The molecule has 0 bridgehead atoms. The first kappa shape index (κ1) is 17.6. The normalized spacial score (nSPS) is 11.1. The van der Waals surface area contributed by atoms with E-state index in [4.69, 9.17) is 0 Å². The summed E-state index contributed by atoms with van der Waals surface area (Å²) in [7, 11) is 0. The SMILES string of the molecule is Fc1c(F)c(F)c(/C=N\N(c2ccccc2)c2ccccc2)c(F)c1F. The summed E-state index contributed by atoms with van der Waals surface area (Å²) in [5.74, 6) is -10.1. The number of hydrogen-bond donors (Lipinski definition) is 0. The van der Waals surface area contributed by atoms with Gasteiger partial charge < -0.3 is 0 Å². The minimum Gasteiger partial charge on any atom is -0.234 e. The van der Waals surface area contributed by atoms with Gasteiger partial charge in [0.25, 0.3) is 0 Å². The van der Waals surface area contributed by atoms with Crippen LogP contribution < -0.4 is 5.01 Å². The average Bonchev–Trinajstić information content (AvgIpc) is 2.69. The van der Waals surface area contributed by atoms with Gasteiger partial charge in [-0.2, -0.15) is 5.10 Å². The number of hydrogen-bond acceptors (Lipinski definition) is 2. The maximum atomic E-state index is 13.8. The van der Waals surface area contributed by atoms with Crippen molar-refractivity contribution in [3.63, 3.8) is 0 Å². The molecule has 0 atom stereocenters. The fourth-order valence-electron chi connectivity index (χ4n) is 2.27. The van der Waals surface area contributed by atoms with Crippen molar-refractivity contribution >= 4 is 17.6 Å². The van der Waals surface area contributed by atoms with Gasteiger partial charge >= 0.3 is 0 Å². The second kappa shape index (κ2) is 7.35. The van der Waals surface area contributed by atoms with Crippen molar-refractivity contribution in [1.82, 2.24) is 0 Å². The monoisotopic (exact) mass is 362 g/mol. The van der Waals surface area contributed by atoms with Gasteiger partial charge in [0.2, 0.25) is 5.82 Å². The topological polar surface area (TPSA) is 15.6 Å². The van der Waals surface area contributed by atoms with E-state index >= 15 is 0 Å². The first-order valence-corrected chi connectivity index (χ1v) is 7.46. The Morgan fingerprint density at radius 1 is 0.577 bits per heavy atom. The second-order valence-corrected chi connectivity index (χ2v) is 5.21. The van der Waals surface area contributed by atoms with Gasteiger partial charge in [-0.1, -0.05) is 36.4 Å². The number of halogens is 5. The van der Waals surface area contributed by atoms with Crippen LogP contribution in [0.2, 0.25) is 0 Å². The first-order chi connectivity index (χ1) is 12.5. The highest BCUT2D eigenvalue weighted by molar-refractivity contribution is 5.82. The van der Waals surface area contributed by atoms with Gasteiger partial charge in [0.05, 0.1) is 23.2 Å². The van der Waals surface area contributed by atoms with Crippen LogP contribution in [0.25, 0.3) is 0 Å². The highest BCUT2D eigenvalue weighted by Crippen LogP contribution is 2.26. The summed E-state index contributed by atoms with van der Waals surface area (Å²) in [6.07, 6.45) is 0.607. The van der Waals surface area contributed by atoms with E-state index < -0.39 is 34.6 Å². The molecule has 0 heterocycles. The molecule has 7 heteroatoms. The lowest BCUT2D eigenvalue weighted by Crippen LogP contribution is -2.12. The van der Waals surface area contributed by atoms with Gasteiger partial charge in [0.15, 0.2) is 23.3 Å². The summed E-state index contributed by atoms with van der Waals surface area (Å²) in [5, 5.41) is 5.26. The van der Waals surface area contributed by atoms with Gasteiger partial charge in [0, 0.05) is 0 Å². The Hall–Kier alpha value is -3.22. The van der Waals surface area contributed by atoms with Crippen LogP contribution in [-0.4, -0.2) is 6.21 Å². The maximum Gasteiger partial charge on any atom is 0.200 e. The standard InChI is InChI=1S/C19H11F5N2/c20-15-14(16(21)18(23)19(24)17(15)22)11-25-26(12-7-3-1-4-8-12)13-9-5-2-6-10-13/h1-11H/b25-11-. The van der Waals surface area contributed by atoms with Crippen molar-refractivity contribution in [3.8, 4) is 0 Å². The molecule has 0 spiro atoms. The number of para-hydroxylation sites is 2. The van der Waals surface area contributed by atoms with E-state index in [1.807, 2.05) is 0 Å². The molecule has 0 aromatic heterocycles. The molecule has 26 heavy (non-hydrogen) atoms. The molecule has 0 aliphatic heterocycles. The van der Waals surface area contributed by atoms with Gasteiger partial charge in [-0.15, -0.1) is 0 Å². The summed E-state index contributed by atoms with van der Waals surface area (Å²) in [6, 6.07) is 17.1. The molecule has 3 aromatic rings. The fraction of sp³-hybridized carbons (Fsp3) is 0. The van der Waals surface area contributed by atoms with Crippen molar-refractivity contribution in [2.45, 2.75) is 0 Å². The van der Waals surface area contributed by atoms with Gasteiger partial charge in [-0.25, -0.2) is 27.0 Å². The van der Waals surface area contributed by atoms with E-state index in [0.29, 0.717) is 17.6 Å². The molecule has 132 valence electrons. The van der Waals surface area contributed by atoms with Crippen molar-refractivity contribution in [2.75, 3.05) is 5.01 Å². The predicted molar refractivity (Wildman–Crippen MR) is 88.8 cm³/mol. The molecule has 0 aliphatic carbocycles.